The van der Waals surface area contributed by atoms with E-state index in [2.05, 4.69) is 6.92 Å². The summed E-state index contributed by atoms with van der Waals surface area (Å²) >= 11 is 0. The van der Waals surface area contributed by atoms with Crippen molar-refractivity contribution < 1.29 is 23.0 Å². The molecule has 4 atom stereocenters. The van der Waals surface area contributed by atoms with Gasteiger partial charge in [-0.05, 0) is 75.0 Å². The van der Waals surface area contributed by atoms with Crippen molar-refractivity contribution >= 4 is 5.97 Å². The van der Waals surface area contributed by atoms with Crippen molar-refractivity contribution in [3.8, 4) is 11.5 Å². The third-order valence-corrected chi connectivity index (χ3v) is 8.47. The molecule has 0 amide bonds. The van der Waals surface area contributed by atoms with Crippen molar-refractivity contribution in [2.24, 2.45) is 35.5 Å². The highest BCUT2D eigenvalue weighted by Gasteiger charge is 2.43. The maximum atomic E-state index is 14.4. The molecule has 0 heterocycles. The number of hydrogen-bond acceptors (Lipinski definition) is 3. The molecule has 0 spiro atoms. The lowest BCUT2D eigenvalue weighted by Gasteiger charge is -2.45. The molecule has 3 nitrogen and oxygen atoms in total. The largest absolute Gasteiger partial charge is 0.483 e. The molecule has 0 bridgehead atoms. The highest BCUT2D eigenvalue weighted by molar-refractivity contribution is 5.75. The van der Waals surface area contributed by atoms with E-state index in [0.717, 1.165) is 49.1 Å². The van der Waals surface area contributed by atoms with Gasteiger partial charge in [-0.3, -0.25) is 4.79 Å². The number of allylic oxidation sites excluding steroid dienone is 1. The van der Waals surface area contributed by atoms with Crippen LogP contribution in [0.5, 0.6) is 11.5 Å². The Labute approximate surface area is 196 Å². The first-order chi connectivity index (χ1) is 16.0. The SMILES string of the molecule is C/C=C/COc1c(F)cc(OC(=O)C2CCCC3CC(C4CCC(C)CC4)CCC32)cc1F. The Bertz CT molecular complexity index is 821. The maximum Gasteiger partial charge on any atom is 0.314 e. The van der Waals surface area contributed by atoms with E-state index in [1.807, 2.05) is 0 Å². The Morgan fingerprint density at radius 1 is 0.970 bits per heavy atom. The number of ether oxygens (including phenoxy) is 2. The van der Waals surface area contributed by atoms with Crippen molar-refractivity contribution in [1.29, 1.82) is 0 Å². The van der Waals surface area contributed by atoms with E-state index >= 15 is 0 Å². The van der Waals surface area contributed by atoms with Crippen molar-refractivity contribution in [2.75, 3.05) is 6.61 Å². The Kier molecular flexibility index (Phi) is 8.08. The first-order valence-corrected chi connectivity index (χ1v) is 12.9. The number of rotatable bonds is 6. The number of fused-ring (bicyclic) bond motifs is 1. The first kappa shape index (κ1) is 24.2. The topological polar surface area (TPSA) is 35.5 Å². The van der Waals surface area contributed by atoms with Gasteiger partial charge in [0.15, 0.2) is 17.4 Å². The van der Waals surface area contributed by atoms with Crippen LogP contribution in [0.2, 0.25) is 0 Å². The zero-order valence-electron chi connectivity index (χ0n) is 20.0. The number of benzene rings is 1. The minimum absolute atomic E-state index is 0.0789. The normalized spacial score (nSPS) is 32.4. The second-order valence-corrected chi connectivity index (χ2v) is 10.6. The van der Waals surface area contributed by atoms with Gasteiger partial charge in [-0.2, -0.15) is 0 Å². The Hall–Kier alpha value is -1.91. The maximum absolute atomic E-state index is 14.4. The van der Waals surface area contributed by atoms with Crippen molar-refractivity contribution in [1.82, 2.24) is 0 Å². The molecule has 1 aromatic rings. The van der Waals surface area contributed by atoms with Crippen molar-refractivity contribution in [3.05, 3.63) is 35.9 Å². The van der Waals surface area contributed by atoms with Crippen molar-refractivity contribution in [2.45, 2.75) is 78.1 Å². The van der Waals surface area contributed by atoms with Crippen LogP contribution in [0.3, 0.4) is 0 Å². The zero-order chi connectivity index (χ0) is 23.4. The summed E-state index contributed by atoms with van der Waals surface area (Å²) in [5, 5.41) is 0. The van der Waals surface area contributed by atoms with Gasteiger partial charge >= 0.3 is 5.97 Å². The van der Waals surface area contributed by atoms with Crippen LogP contribution in [-0.2, 0) is 4.79 Å². The molecule has 1 aromatic carbocycles. The summed E-state index contributed by atoms with van der Waals surface area (Å²) in [6, 6.07) is 2.10. The van der Waals surface area contributed by atoms with Crippen LogP contribution in [0, 0.1) is 47.1 Å². The molecule has 0 N–H and O–H groups in total. The van der Waals surface area contributed by atoms with Gasteiger partial charge in [0.25, 0.3) is 0 Å². The molecule has 3 aliphatic carbocycles. The molecule has 182 valence electrons. The fourth-order valence-corrected chi connectivity index (χ4v) is 6.63. The molecule has 0 radical (unpaired) electrons. The van der Waals surface area contributed by atoms with Gasteiger partial charge in [-0.25, -0.2) is 8.78 Å². The Balaban J connectivity index is 1.37. The lowest BCUT2D eigenvalue weighted by Crippen LogP contribution is -2.40. The van der Waals surface area contributed by atoms with Crippen LogP contribution in [0.4, 0.5) is 8.78 Å². The molecule has 3 fully saturated rings. The van der Waals surface area contributed by atoms with Crippen LogP contribution in [-0.4, -0.2) is 12.6 Å². The molecule has 33 heavy (non-hydrogen) atoms. The molecular formula is C28H38F2O3. The summed E-state index contributed by atoms with van der Waals surface area (Å²) in [5.74, 6) is 0.687. The molecule has 5 heteroatoms. The molecule has 4 rings (SSSR count). The summed E-state index contributed by atoms with van der Waals surface area (Å²) in [4.78, 5) is 13.1. The number of hydrogen-bond donors (Lipinski definition) is 0. The second kappa shape index (κ2) is 11.0. The van der Waals surface area contributed by atoms with E-state index in [0.29, 0.717) is 11.8 Å². The summed E-state index contributed by atoms with van der Waals surface area (Å²) in [7, 11) is 0. The molecule has 3 saturated carbocycles. The smallest absolute Gasteiger partial charge is 0.314 e. The van der Waals surface area contributed by atoms with E-state index in [-0.39, 0.29) is 24.2 Å². The average Bonchev–Trinajstić information content (AvgIpc) is 2.80. The van der Waals surface area contributed by atoms with Crippen LogP contribution < -0.4 is 9.47 Å². The van der Waals surface area contributed by atoms with Gasteiger partial charge in [-0.15, -0.1) is 0 Å². The van der Waals surface area contributed by atoms with E-state index in [9.17, 15) is 13.6 Å². The minimum Gasteiger partial charge on any atom is -0.483 e. The quantitative estimate of drug-likeness (QED) is 0.251. The van der Waals surface area contributed by atoms with Crippen LogP contribution in [0.25, 0.3) is 0 Å². The molecule has 3 aliphatic rings. The molecule has 0 aliphatic heterocycles. The highest BCUT2D eigenvalue weighted by Crippen LogP contribution is 2.50. The number of halogens is 2. The Morgan fingerprint density at radius 3 is 2.36 bits per heavy atom. The van der Waals surface area contributed by atoms with Crippen LogP contribution in [0.1, 0.15) is 78.1 Å². The lowest BCUT2D eigenvalue weighted by atomic mass is 9.59. The summed E-state index contributed by atoms with van der Waals surface area (Å²) in [5.41, 5.74) is 0. The van der Waals surface area contributed by atoms with Gasteiger partial charge in [-0.1, -0.05) is 44.8 Å². The van der Waals surface area contributed by atoms with Crippen LogP contribution in [0.15, 0.2) is 24.3 Å². The zero-order valence-corrected chi connectivity index (χ0v) is 20.0. The fourth-order valence-electron chi connectivity index (χ4n) is 6.63. The van der Waals surface area contributed by atoms with Gasteiger partial charge in [0.05, 0.1) is 5.92 Å². The lowest BCUT2D eigenvalue weighted by molar-refractivity contribution is -0.144. The molecule has 0 saturated heterocycles. The highest BCUT2D eigenvalue weighted by atomic mass is 19.1. The second-order valence-electron chi connectivity index (χ2n) is 10.6. The summed E-state index contributed by atoms with van der Waals surface area (Å²) in [6.45, 7) is 4.25. The standard InChI is InChI=1S/C28H38F2O3/c1-3-4-14-32-27-25(29)16-22(17-26(27)30)33-28(31)24-7-5-6-21-15-20(12-13-23(21)24)19-10-8-18(2)9-11-19/h3-4,16-21,23-24H,5-15H2,1-2H3/b4-3+. The monoisotopic (exact) mass is 460 g/mol. The molecular weight excluding hydrogens is 422 g/mol. The minimum atomic E-state index is -0.855. The number of esters is 1. The average molecular weight is 461 g/mol. The number of carbonyl (C=O) groups is 1. The molecule has 4 unspecified atom stereocenters. The molecule has 0 aromatic heterocycles. The fraction of sp³-hybridized carbons (Fsp3) is 0.679. The summed E-state index contributed by atoms with van der Waals surface area (Å²) in [6.07, 6.45) is 15.4. The predicted molar refractivity (Wildman–Crippen MR) is 125 cm³/mol. The first-order valence-electron chi connectivity index (χ1n) is 12.9. The number of carbonyl (C=O) groups excluding carboxylic acids is 1. The summed E-state index contributed by atoms with van der Waals surface area (Å²) < 4.78 is 39.4. The third kappa shape index (κ3) is 5.78. The third-order valence-electron chi connectivity index (χ3n) is 8.47. The van der Waals surface area contributed by atoms with E-state index in [4.69, 9.17) is 9.47 Å². The van der Waals surface area contributed by atoms with Gasteiger partial charge in [0.2, 0.25) is 0 Å². The van der Waals surface area contributed by atoms with Crippen LogP contribution >= 0.6 is 0 Å². The van der Waals surface area contributed by atoms with E-state index in [1.165, 1.54) is 44.9 Å². The van der Waals surface area contributed by atoms with Gasteiger partial charge in [0.1, 0.15) is 12.4 Å². The van der Waals surface area contributed by atoms with Crippen molar-refractivity contribution in [3.63, 3.8) is 0 Å². The van der Waals surface area contributed by atoms with E-state index in [1.54, 1.807) is 19.1 Å². The van der Waals surface area contributed by atoms with Gasteiger partial charge < -0.3 is 9.47 Å². The van der Waals surface area contributed by atoms with Gasteiger partial charge in [0, 0.05) is 12.1 Å². The van der Waals surface area contributed by atoms with E-state index < -0.39 is 17.4 Å². The Morgan fingerprint density at radius 2 is 1.67 bits per heavy atom. The predicted octanol–water partition coefficient (Wildman–Crippen LogP) is 7.48.